The fraction of sp³-hybridized carbons (Fsp3) is 0. The Labute approximate surface area is 154 Å². The molecule has 0 atom stereocenters. The van der Waals surface area contributed by atoms with Crippen molar-refractivity contribution in [2.45, 2.75) is 19.6 Å². The van der Waals surface area contributed by atoms with E-state index in [0.29, 0.717) is 11.4 Å². The van der Waals surface area contributed by atoms with Gasteiger partial charge in [-0.25, -0.2) is 4.79 Å². The number of anilines is 2. The van der Waals surface area contributed by atoms with Crippen molar-refractivity contribution in [3.05, 3.63) is 72.3 Å². The van der Waals surface area contributed by atoms with Gasteiger partial charge >= 0.3 is 5.97 Å². The zero-order valence-electron chi connectivity index (χ0n) is 13.2. The molecule has 4 nitrogen and oxygen atoms in total. The van der Waals surface area contributed by atoms with Crippen molar-refractivity contribution in [2.75, 3.05) is 11.5 Å². The molecule has 3 rings (SSSR count). The van der Waals surface area contributed by atoms with E-state index in [0.717, 1.165) is 19.6 Å². The van der Waals surface area contributed by atoms with E-state index < -0.39 is 5.97 Å². The molecule has 0 radical (unpaired) electrons. The molecule has 0 aromatic heterocycles. The number of rotatable bonds is 5. The molecule has 0 aliphatic heterocycles. The highest BCUT2D eigenvalue weighted by atomic mass is 32.2. The lowest BCUT2D eigenvalue weighted by atomic mass is 10.2. The van der Waals surface area contributed by atoms with Gasteiger partial charge in [-0.1, -0.05) is 23.5 Å². The number of carboxylic acid groups (broad SMARTS) is 1. The van der Waals surface area contributed by atoms with Crippen LogP contribution in [0.1, 0.15) is 10.4 Å². The standard InChI is InChI=1S/C19H16N2O2S2/c20-13-1-5-15(6-2-13)24-17-9-12(19(22)23)10-18(11-17)25-16-7-3-14(21)4-8-16/h1-11H,20-21H2,(H,22,23). The van der Waals surface area contributed by atoms with Crippen LogP contribution < -0.4 is 11.5 Å². The van der Waals surface area contributed by atoms with Gasteiger partial charge in [0.15, 0.2) is 0 Å². The van der Waals surface area contributed by atoms with Gasteiger partial charge in [-0.05, 0) is 66.7 Å². The summed E-state index contributed by atoms with van der Waals surface area (Å²) in [6.45, 7) is 0. The number of benzene rings is 3. The number of hydrogen-bond donors (Lipinski definition) is 3. The van der Waals surface area contributed by atoms with Crippen LogP contribution in [0.3, 0.4) is 0 Å². The van der Waals surface area contributed by atoms with Crippen LogP contribution >= 0.6 is 23.5 Å². The van der Waals surface area contributed by atoms with Crippen molar-refractivity contribution in [1.29, 1.82) is 0 Å². The summed E-state index contributed by atoms with van der Waals surface area (Å²) in [5.74, 6) is -0.945. The first-order valence-electron chi connectivity index (χ1n) is 7.45. The monoisotopic (exact) mass is 368 g/mol. The molecule has 3 aromatic carbocycles. The molecule has 3 aromatic rings. The Balaban J connectivity index is 1.89. The van der Waals surface area contributed by atoms with Gasteiger partial charge in [0, 0.05) is 31.0 Å². The van der Waals surface area contributed by atoms with Gasteiger partial charge in [-0.2, -0.15) is 0 Å². The number of nitrogen functional groups attached to an aromatic ring is 2. The summed E-state index contributed by atoms with van der Waals surface area (Å²) < 4.78 is 0. The fourth-order valence-corrected chi connectivity index (χ4v) is 4.06. The summed E-state index contributed by atoms with van der Waals surface area (Å²) in [6.07, 6.45) is 0. The first kappa shape index (κ1) is 17.3. The maximum atomic E-state index is 11.4. The Morgan fingerprint density at radius 2 is 1.08 bits per heavy atom. The second-order valence-electron chi connectivity index (χ2n) is 5.34. The van der Waals surface area contributed by atoms with Gasteiger partial charge in [0.1, 0.15) is 0 Å². The van der Waals surface area contributed by atoms with Crippen LogP contribution in [0.15, 0.2) is 86.3 Å². The quantitative estimate of drug-likeness (QED) is 0.558. The van der Waals surface area contributed by atoms with Crippen LogP contribution in [0.25, 0.3) is 0 Å². The molecule has 0 fully saturated rings. The molecule has 0 aliphatic carbocycles. The minimum atomic E-state index is -0.945. The van der Waals surface area contributed by atoms with E-state index in [1.807, 2.05) is 54.6 Å². The summed E-state index contributed by atoms with van der Waals surface area (Å²) in [6, 6.07) is 20.3. The molecule has 0 spiro atoms. The Hall–Kier alpha value is -2.57. The average molecular weight is 368 g/mol. The third-order valence-corrected chi connectivity index (χ3v) is 5.32. The van der Waals surface area contributed by atoms with Crippen molar-refractivity contribution in [2.24, 2.45) is 0 Å². The van der Waals surface area contributed by atoms with Crippen LogP contribution in [0.5, 0.6) is 0 Å². The van der Waals surface area contributed by atoms with Crippen molar-refractivity contribution >= 4 is 40.9 Å². The normalized spacial score (nSPS) is 10.6. The lowest BCUT2D eigenvalue weighted by molar-refractivity contribution is 0.0696. The highest BCUT2D eigenvalue weighted by Gasteiger charge is 2.09. The first-order chi connectivity index (χ1) is 12.0. The van der Waals surface area contributed by atoms with Crippen LogP contribution in [-0.2, 0) is 0 Å². The molecule has 5 N–H and O–H groups in total. The molecule has 0 saturated carbocycles. The van der Waals surface area contributed by atoms with Gasteiger partial charge in [0.05, 0.1) is 5.56 Å². The van der Waals surface area contributed by atoms with Gasteiger partial charge < -0.3 is 16.6 Å². The highest BCUT2D eigenvalue weighted by molar-refractivity contribution is 8.00. The molecule has 0 aliphatic rings. The van der Waals surface area contributed by atoms with Gasteiger partial charge in [0.2, 0.25) is 0 Å². The molecule has 0 heterocycles. The fourth-order valence-electron chi connectivity index (χ4n) is 2.16. The largest absolute Gasteiger partial charge is 0.478 e. The molecule has 126 valence electrons. The van der Waals surface area contributed by atoms with E-state index in [-0.39, 0.29) is 5.56 Å². The third kappa shape index (κ3) is 4.71. The molecule has 0 amide bonds. The number of carboxylic acids is 1. The lowest BCUT2D eigenvalue weighted by Crippen LogP contribution is -1.96. The summed E-state index contributed by atoms with van der Waals surface area (Å²) in [5.41, 5.74) is 13.1. The predicted octanol–water partition coefficient (Wildman–Crippen LogP) is 4.85. The molecule has 0 saturated heterocycles. The maximum absolute atomic E-state index is 11.4. The molecule has 0 bridgehead atoms. The van der Waals surface area contributed by atoms with Gasteiger partial charge in [-0.3, -0.25) is 0 Å². The van der Waals surface area contributed by atoms with E-state index in [1.165, 1.54) is 23.5 Å². The minimum Gasteiger partial charge on any atom is -0.478 e. The highest BCUT2D eigenvalue weighted by Crippen LogP contribution is 2.35. The topological polar surface area (TPSA) is 89.3 Å². The Bertz CT molecular complexity index is 829. The van der Waals surface area contributed by atoms with Crippen molar-refractivity contribution < 1.29 is 9.90 Å². The second kappa shape index (κ2) is 7.55. The number of nitrogens with two attached hydrogens (primary N) is 2. The summed E-state index contributed by atoms with van der Waals surface area (Å²) in [7, 11) is 0. The molecule has 0 unspecified atom stereocenters. The van der Waals surface area contributed by atoms with Crippen LogP contribution in [0.2, 0.25) is 0 Å². The number of carbonyl (C=O) groups is 1. The van der Waals surface area contributed by atoms with Crippen LogP contribution in [0, 0.1) is 0 Å². The lowest BCUT2D eigenvalue weighted by Gasteiger charge is -2.08. The van der Waals surface area contributed by atoms with E-state index in [9.17, 15) is 9.90 Å². The molecular formula is C19H16N2O2S2. The smallest absolute Gasteiger partial charge is 0.335 e. The van der Waals surface area contributed by atoms with E-state index >= 15 is 0 Å². The van der Waals surface area contributed by atoms with Gasteiger partial charge in [0.25, 0.3) is 0 Å². The third-order valence-electron chi connectivity index (χ3n) is 3.36. The first-order valence-corrected chi connectivity index (χ1v) is 9.08. The van der Waals surface area contributed by atoms with Crippen molar-refractivity contribution in [3.63, 3.8) is 0 Å². The molecular weight excluding hydrogens is 352 g/mol. The predicted molar refractivity (Wildman–Crippen MR) is 103 cm³/mol. The molecule has 25 heavy (non-hydrogen) atoms. The SMILES string of the molecule is Nc1ccc(Sc2cc(Sc3ccc(N)cc3)cc(C(=O)O)c2)cc1. The summed E-state index contributed by atoms with van der Waals surface area (Å²) in [5, 5.41) is 9.39. The minimum absolute atomic E-state index is 0.262. The maximum Gasteiger partial charge on any atom is 0.335 e. The summed E-state index contributed by atoms with van der Waals surface area (Å²) >= 11 is 3.01. The summed E-state index contributed by atoms with van der Waals surface area (Å²) in [4.78, 5) is 15.2. The van der Waals surface area contributed by atoms with Crippen LogP contribution in [0.4, 0.5) is 11.4 Å². The second-order valence-corrected chi connectivity index (χ2v) is 7.63. The zero-order valence-corrected chi connectivity index (χ0v) is 14.8. The molecule has 6 heteroatoms. The van der Waals surface area contributed by atoms with E-state index in [2.05, 4.69) is 0 Å². The Morgan fingerprint density at radius 1 is 0.680 bits per heavy atom. The van der Waals surface area contributed by atoms with Crippen molar-refractivity contribution in [3.8, 4) is 0 Å². The van der Waals surface area contributed by atoms with Gasteiger partial charge in [-0.15, -0.1) is 0 Å². The van der Waals surface area contributed by atoms with Crippen LogP contribution in [-0.4, -0.2) is 11.1 Å². The van der Waals surface area contributed by atoms with E-state index in [4.69, 9.17) is 11.5 Å². The average Bonchev–Trinajstić information content (AvgIpc) is 2.59. The van der Waals surface area contributed by atoms with Crippen molar-refractivity contribution in [1.82, 2.24) is 0 Å². The number of hydrogen-bond acceptors (Lipinski definition) is 5. The Kier molecular flexibility index (Phi) is 5.21. The Morgan fingerprint density at radius 3 is 1.44 bits per heavy atom. The zero-order chi connectivity index (χ0) is 17.8. The number of aromatic carboxylic acids is 1. The van der Waals surface area contributed by atoms with E-state index in [1.54, 1.807) is 12.1 Å².